The summed E-state index contributed by atoms with van der Waals surface area (Å²) in [6, 6.07) is 36.7. The minimum Gasteiger partial charge on any atom is -0.455 e. The van der Waals surface area contributed by atoms with Gasteiger partial charge in [0.25, 0.3) is 0 Å². The summed E-state index contributed by atoms with van der Waals surface area (Å²) in [4.78, 5) is 29.0. The topological polar surface area (TPSA) is 51.7 Å². The van der Waals surface area contributed by atoms with Crippen molar-refractivity contribution < 1.29 is 14.0 Å². The van der Waals surface area contributed by atoms with E-state index in [2.05, 4.69) is 101 Å². The first-order chi connectivity index (χ1) is 24.6. The lowest BCUT2D eigenvalue weighted by molar-refractivity contribution is 0.0897. The molecule has 0 atom stereocenters. The fourth-order valence-corrected chi connectivity index (χ4v) is 11.0. The second-order valence-electron chi connectivity index (χ2n) is 15.3. The van der Waals surface area contributed by atoms with Gasteiger partial charge in [-0.15, -0.1) is 0 Å². The molecule has 0 unspecified atom stereocenters. The number of furan rings is 1. The van der Waals surface area contributed by atoms with Crippen LogP contribution in [0.3, 0.4) is 0 Å². The number of ketones is 2. The van der Waals surface area contributed by atoms with E-state index in [-0.39, 0.29) is 23.5 Å². The molecule has 0 N–H and O–H groups in total. The normalized spacial score (nSPS) is 22.2. The first-order valence-corrected chi connectivity index (χ1v) is 18.0. The minimum atomic E-state index is -0.339. The van der Waals surface area contributed by atoms with Crippen molar-refractivity contribution in [3.63, 3.8) is 0 Å². The zero-order valence-corrected chi connectivity index (χ0v) is 27.1. The van der Waals surface area contributed by atoms with E-state index in [1.54, 1.807) is 0 Å². The second-order valence-corrected chi connectivity index (χ2v) is 15.3. The number of benzene rings is 6. The standard InChI is InChI=1S/C46H29NO3/c48-44-23-15-13-22(14-16-23)29-17-30-32-19-35-24-7-5-6-12-39(24)50-46(35)42-36-18-31-34(21-38(36)47(43(32)42)37(30)20-33(29)44)45(49)41-27-10-3-1-8-25(27)40(31)26-9-2-4-11-28(26)41/h1-12,17-23,40-41H,13-16H2. The number of carbonyl (C=O) groups is 2. The number of aromatic nitrogens is 1. The average Bonchev–Trinajstić information content (AvgIpc) is 3.70. The van der Waals surface area contributed by atoms with Gasteiger partial charge in [0.05, 0.1) is 27.9 Å². The van der Waals surface area contributed by atoms with Crippen LogP contribution in [0.25, 0.3) is 60.0 Å². The smallest absolute Gasteiger partial charge is 0.175 e. The molecule has 15 rings (SSSR count). The lowest BCUT2D eigenvalue weighted by Gasteiger charge is -2.30. The monoisotopic (exact) mass is 643 g/mol. The number of nitrogens with zero attached hydrogens (tertiary/aromatic N) is 1. The van der Waals surface area contributed by atoms with Crippen molar-refractivity contribution in [2.24, 2.45) is 5.92 Å². The summed E-state index contributed by atoms with van der Waals surface area (Å²) in [5, 5.41) is 6.73. The number of hydrogen-bond donors (Lipinski definition) is 0. The Morgan fingerprint density at radius 3 is 1.84 bits per heavy atom. The van der Waals surface area contributed by atoms with Gasteiger partial charge < -0.3 is 8.82 Å². The molecule has 4 nitrogen and oxygen atoms in total. The van der Waals surface area contributed by atoms with Gasteiger partial charge in [-0.3, -0.25) is 9.59 Å². The van der Waals surface area contributed by atoms with Gasteiger partial charge in [-0.1, -0.05) is 66.7 Å². The second kappa shape index (κ2) is 8.70. The highest BCUT2D eigenvalue weighted by Crippen LogP contribution is 2.54. The van der Waals surface area contributed by atoms with Crippen LogP contribution in [0.2, 0.25) is 0 Å². The molecule has 6 aliphatic carbocycles. The van der Waals surface area contributed by atoms with E-state index < -0.39 is 0 Å². The van der Waals surface area contributed by atoms with Crippen molar-refractivity contribution in [1.82, 2.24) is 4.40 Å². The molecular weight excluding hydrogens is 615 g/mol. The van der Waals surface area contributed by atoms with Gasteiger partial charge in [-0.2, -0.15) is 0 Å². The van der Waals surface area contributed by atoms with Gasteiger partial charge in [-0.05, 0) is 101 Å². The largest absolute Gasteiger partial charge is 0.455 e. The zero-order chi connectivity index (χ0) is 32.6. The summed E-state index contributed by atoms with van der Waals surface area (Å²) in [6.45, 7) is 0. The van der Waals surface area contributed by atoms with E-state index in [9.17, 15) is 9.59 Å². The Labute approximate surface area is 286 Å². The minimum absolute atomic E-state index is 0.0451. The molecule has 0 radical (unpaired) electrons. The maximum absolute atomic E-state index is 14.9. The number of hydrogen-bond acceptors (Lipinski definition) is 3. The quantitative estimate of drug-likeness (QED) is 0.165. The molecule has 0 saturated heterocycles. The van der Waals surface area contributed by atoms with E-state index in [0.717, 1.165) is 103 Å². The van der Waals surface area contributed by atoms with Crippen LogP contribution in [-0.2, 0) is 0 Å². The maximum atomic E-state index is 14.9. The van der Waals surface area contributed by atoms with Gasteiger partial charge in [0, 0.05) is 49.9 Å². The average molecular weight is 644 g/mol. The molecule has 0 spiro atoms. The highest BCUT2D eigenvalue weighted by molar-refractivity contribution is 6.33. The van der Waals surface area contributed by atoms with Crippen LogP contribution in [0.4, 0.5) is 0 Å². The molecule has 6 aromatic carbocycles. The highest BCUT2D eigenvalue weighted by atomic mass is 16.3. The van der Waals surface area contributed by atoms with Gasteiger partial charge in [0.2, 0.25) is 0 Å². The zero-order valence-electron chi connectivity index (χ0n) is 27.1. The third-order valence-electron chi connectivity index (χ3n) is 13.1. The Bertz CT molecular complexity index is 3010. The molecule has 236 valence electrons. The molecule has 1 saturated carbocycles. The van der Waals surface area contributed by atoms with Crippen LogP contribution in [0.5, 0.6) is 0 Å². The molecule has 0 amide bonds. The fraction of sp³-hybridized carbons (Fsp3) is 0.174. The first kappa shape index (κ1) is 26.2. The Morgan fingerprint density at radius 1 is 0.500 bits per heavy atom. The van der Waals surface area contributed by atoms with E-state index in [1.165, 1.54) is 27.5 Å². The maximum Gasteiger partial charge on any atom is 0.175 e. The molecule has 1 fully saturated rings. The molecule has 3 aromatic heterocycles. The van der Waals surface area contributed by atoms with Gasteiger partial charge in [0.15, 0.2) is 11.6 Å². The van der Waals surface area contributed by atoms with Crippen molar-refractivity contribution in [2.45, 2.75) is 43.4 Å². The van der Waals surface area contributed by atoms with E-state index in [4.69, 9.17) is 4.42 Å². The molecule has 0 aliphatic heterocycles. The van der Waals surface area contributed by atoms with E-state index >= 15 is 0 Å². The SMILES string of the molecule is O=C1c2cc3c(cc2C2CCC1CC2)c1cc2c4ccccc4oc2c2c4cc5c(cc4n3c12)C(=O)C1c2ccccc2C5c2ccccc21. The van der Waals surface area contributed by atoms with Crippen molar-refractivity contribution in [3.8, 4) is 0 Å². The Hall–Kier alpha value is -5.74. The highest BCUT2D eigenvalue weighted by Gasteiger charge is 2.43. The van der Waals surface area contributed by atoms with Crippen LogP contribution in [0, 0.1) is 5.92 Å². The van der Waals surface area contributed by atoms with Gasteiger partial charge in [-0.25, -0.2) is 0 Å². The van der Waals surface area contributed by atoms with Gasteiger partial charge in [0.1, 0.15) is 11.2 Å². The number of rotatable bonds is 0. The number of para-hydroxylation sites is 1. The third kappa shape index (κ3) is 2.91. The van der Waals surface area contributed by atoms with Crippen molar-refractivity contribution >= 4 is 71.6 Å². The van der Waals surface area contributed by atoms with Gasteiger partial charge >= 0.3 is 0 Å². The number of fused-ring (bicyclic) bond motifs is 12. The first-order valence-electron chi connectivity index (χ1n) is 18.0. The van der Waals surface area contributed by atoms with Crippen LogP contribution in [-0.4, -0.2) is 16.0 Å². The fourth-order valence-electron chi connectivity index (χ4n) is 11.0. The molecule has 4 heteroatoms. The van der Waals surface area contributed by atoms with Crippen molar-refractivity contribution in [1.29, 1.82) is 0 Å². The predicted molar refractivity (Wildman–Crippen MR) is 197 cm³/mol. The Morgan fingerprint density at radius 2 is 1.10 bits per heavy atom. The third-order valence-corrected chi connectivity index (χ3v) is 13.1. The van der Waals surface area contributed by atoms with Crippen LogP contribution >= 0.6 is 0 Å². The molecule has 50 heavy (non-hydrogen) atoms. The lowest BCUT2D eigenvalue weighted by Crippen LogP contribution is -2.19. The lowest BCUT2D eigenvalue weighted by atomic mass is 9.72. The predicted octanol–water partition coefficient (Wildman–Crippen LogP) is 11.0. The molecule has 3 heterocycles. The summed E-state index contributed by atoms with van der Waals surface area (Å²) in [7, 11) is 0. The summed E-state index contributed by atoms with van der Waals surface area (Å²) in [5.74, 6) is 0.626. The van der Waals surface area contributed by atoms with Crippen molar-refractivity contribution in [3.05, 3.63) is 148 Å². The summed E-state index contributed by atoms with van der Waals surface area (Å²) < 4.78 is 9.12. The molecule has 4 bridgehead atoms. The summed E-state index contributed by atoms with van der Waals surface area (Å²) in [5.41, 5.74) is 13.5. The van der Waals surface area contributed by atoms with Crippen molar-refractivity contribution in [2.75, 3.05) is 0 Å². The molecule has 6 aliphatic rings. The molecular formula is C46H29NO3. The van der Waals surface area contributed by atoms with Crippen LogP contribution < -0.4 is 0 Å². The Kier molecular flexibility index (Phi) is 4.55. The van der Waals surface area contributed by atoms with Crippen LogP contribution in [0.1, 0.15) is 97.5 Å². The summed E-state index contributed by atoms with van der Waals surface area (Å²) >= 11 is 0. The Balaban J connectivity index is 1.23. The van der Waals surface area contributed by atoms with E-state index in [1.807, 2.05) is 6.07 Å². The molecule has 9 aromatic rings. The number of carbonyl (C=O) groups excluding carboxylic acids is 2. The number of Topliss-reactive ketones (excluding diaryl/α,β-unsaturated/α-hetero) is 2. The summed E-state index contributed by atoms with van der Waals surface area (Å²) in [6.07, 6.45) is 4.14. The van der Waals surface area contributed by atoms with Crippen LogP contribution in [0.15, 0.2) is 108 Å². The van der Waals surface area contributed by atoms with E-state index in [0.29, 0.717) is 11.7 Å².